The molecule has 0 saturated heterocycles. The monoisotopic (exact) mass is 303 g/mol. The zero-order chi connectivity index (χ0) is 16.3. The lowest BCUT2D eigenvalue weighted by Crippen LogP contribution is -2.03. The van der Waals surface area contributed by atoms with E-state index in [0.717, 1.165) is 6.07 Å². The van der Waals surface area contributed by atoms with Crippen LogP contribution in [-0.2, 0) is 6.42 Å². The summed E-state index contributed by atoms with van der Waals surface area (Å²) in [5.41, 5.74) is -1.18. The minimum atomic E-state index is -0.846. The topological polar surface area (TPSA) is 129 Å². The fourth-order valence-corrected chi connectivity index (χ4v) is 2.12. The molecule has 2 aromatic carbocycles. The average molecular weight is 303 g/mol. The first-order valence-electron chi connectivity index (χ1n) is 6.04. The summed E-state index contributed by atoms with van der Waals surface area (Å²) in [4.78, 5) is 30.7. The van der Waals surface area contributed by atoms with Crippen molar-refractivity contribution in [1.29, 1.82) is 0 Å². The smallest absolute Gasteiger partial charge is 0.258 e. The fourth-order valence-electron chi connectivity index (χ4n) is 2.12. The van der Waals surface area contributed by atoms with Gasteiger partial charge in [0.1, 0.15) is 0 Å². The minimum Gasteiger partial charge on any atom is -0.258 e. The van der Waals surface area contributed by atoms with Crippen molar-refractivity contribution in [2.75, 3.05) is 0 Å². The third-order valence-electron chi connectivity index (χ3n) is 3.05. The summed E-state index contributed by atoms with van der Waals surface area (Å²) in [7, 11) is 0. The molecular weight excluding hydrogens is 294 g/mol. The molecule has 0 atom stereocenters. The first-order chi connectivity index (χ1) is 10.4. The molecule has 9 heteroatoms. The molecule has 112 valence electrons. The van der Waals surface area contributed by atoms with Crippen LogP contribution >= 0.6 is 0 Å². The Bertz CT molecular complexity index is 774. The van der Waals surface area contributed by atoms with Gasteiger partial charge in [-0.05, 0) is 0 Å². The normalized spacial score (nSPS) is 10.2. The predicted octanol–water partition coefficient (Wildman–Crippen LogP) is 3.00. The number of nitro benzene ring substituents is 3. The Labute approximate surface area is 123 Å². The van der Waals surface area contributed by atoms with Gasteiger partial charge in [-0.25, -0.2) is 0 Å². The number of para-hydroxylation sites is 2. The zero-order valence-electron chi connectivity index (χ0n) is 11.0. The van der Waals surface area contributed by atoms with E-state index in [2.05, 4.69) is 0 Å². The second-order valence-corrected chi connectivity index (χ2v) is 4.36. The SMILES string of the molecule is O=[N+]([O-])c1ccccc1Cc1cccc([N+](=O)[O-])c1[N+](=O)[O-]. The molecule has 2 rings (SSSR count). The van der Waals surface area contributed by atoms with Gasteiger partial charge in [-0.2, -0.15) is 0 Å². The Morgan fingerprint density at radius 1 is 0.682 bits per heavy atom. The Hall–Kier alpha value is -3.36. The van der Waals surface area contributed by atoms with E-state index in [1.165, 1.54) is 30.3 Å². The number of hydrogen-bond donors (Lipinski definition) is 0. The van der Waals surface area contributed by atoms with Crippen LogP contribution in [0.25, 0.3) is 0 Å². The van der Waals surface area contributed by atoms with Gasteiger partial charge in [-0.1, -0.05) is 30.3 Å². The van der Waals surface area contributed by atoms with E-state index >= 15 is 0 Å². The lowest BCUT2D eigenvalue weighted by Gasteiger charge is -2.04. The zero-order valence-corrected chi connectivity index (χ0v) is 11.0. The molecule has 0 N–H and O–H groups in total. The van der Waals surface area contributed by atoms with Gasteiger partial charge in [0.05, 0.1) is 14.8 Å². The molecule has 0 spiro atoms. The van der Waals surface area contributed by atoms with E-state index in [1.54, 1.807) is 6.07 Å². The van der Waals surface area contributed by atoms with E-state index < -0.39 is 26.1 Å². The van der Waals surface area contributed by atoms with Crippen molar-refractivity contribution in [2.24, 2.45) is 0 Å². The first-order valence-corrected chi connectivity index (χ1v) is 6.04. The van der Waals surface area contributed by atoms with Gasteiger partial charge < -0.3 is 0 Å². The third-order valence-corrected chi connectivity index (χ3v) is 3.05. The molecule has 0 aliphatic rings. The van der Waals surface area contributed by atoms with E-state index in [1.807, 2.05) is 0 Å². The maximum Gasteiger partial charge on any atom is 0.349 e. The Morgan fingerprint density at radius 3 is 1.82 bits per heavy atom. The number of benzene rings is 2. The molecule has 0 aliphatic carbocycles. The van der Waals surface area contributed by atoms with Crippen molar-refractivity contribution in [2.45, 2.75) is 6.42 Å². The van der Waals surface area contributed by atoms with Crippen LogP contribution in [0.15, 0.2) is 42.5 Å². The summed E-state index contributed by atoms with van der Waals surface area (Å²) in [6.45, 7) is 0. The van der Waals surface area contributed by atoms with E-state index in [-0.39, 0.29) is 23.2 Å². The van der Waals surface area contributed by atoms with E-state index in [4.69, 9.17) is 0 Å². The summed E-state index contributed by atoms with van der Waals surface area (Å²) in [6, 6.07) is 9.46. The van der Waals surface area contributed by atoms with Gasteiger partial charge >= 0.3 is 11.4 Å². The van der Waals surface area contributed by atoms with Crippen LogP contribution in [0, 0.1) is 30.3 Å². The van der Waals surface area contributed by atoms with Crippen LogP contribution in [0.4, 0.5) is 17.1 Å². The van der Waals surface area contributed by atoms with Crippen LogP contribution in [0.1, 0.15) is 11.1 Å². The van der Waals surface area contributed by atoms with Gasteiger partial charge in [0, 0.05) is 29.7 Å². The van der Waals surface area contributed by atoms with Crippen molar-refractivity contribution >= 4 is 17.1 Å². The standard InChI is InChI=1S/C13H9N3O6/c17-14(18)11-6-2-1-4-9(11)8-10-5-3-7-12(15(19)20)13(10)16(21)22/h1-7H,8H2. The molecule has 0 bridgehead atoms. The summed E-state index contributed by atoms with van der Waals surface area (Å²) < 4.78 is 0. The number of nitrogens with zero attached hydrogens (tertiary/aromatic N) is 3. The van der Waals surface area contributed by atoms with Crippen LogP contribution in [0.3, 0.4) is 0 Å². The second kappa shape index (κ2) is 5.95. The second-order valence-electron chi connectivity index (χ2n) is 4.36. The highest BCUT2D eigenvalue weighted by Crippen LogP contribution is 2.33. The number of hydrogen-bond acceptors (Lipinski definition) is 6. The quantitative estimate of drug-likeness (QED) is 0.616. The maximum atomic E-state index is 11.1. The van der Waals surface area contributed by atoms with Gasteiger partial charge in [0.25, 0.3) is 5.69 Å². The van der Waals surface area contributed by atoms with Crippen LogP contribution in [0.2, 0.25) is 0 Å². The fraction of sp³-hybridized carbons (Fsp3) is 0.0769. The van der Waals surface area contributed by atoms with Crippen molar-refractivity contribution in [3.05, 3.63) is 83.9 Å². The van der Waals surface area contributed by atoms with Crippen LogP contribution < -0.4 is 0 Å². The predicted molar refractivity (Wildman–Crippen MR) is 75.7 cm³/mol. The molecule has 22 heavy (non-hydrogen) atoms. The van der Waals surface area contributed by atoms with Crippen molar-refractivity contribution in [3.8, 4) is 0 Å². The maximum absolute atomic E-state index is 11.1. The highest BCUT2D eigenvalue weighted by Gasteiger charge is 2.28. The Balaban J connectivity index is 2.56. The van der Waals surface area contributed by atoms with Gasteiger partial charge in [0.15, 0.2) is 0 Å². The Morgan fingerprint density at radius 2 is 1.23 bits per heavy atom. The van der Waals surface area contributed by atoms with Crippen LogP contribution in [0.5, 0.6) is 0 Å². The molecule has 0 unspecified atom stereocenters. The lowest BCUT2D eigenvalue weighted by atomic mass is 10.0. The molecule has 0 heterocycles. The molecule has 0 radical (unpaired) electrons. The van der Waals surface area contributed by atoms with Gasteiger partial charge in [-0.3, -0.25) is 30.3 Å². The largest absolute Gasteiger partial charge is 0.349 e. The molecule has 0 aliphatic heterocycles. The third kappa shape index (κ3) is 2.87. The molecular formula is C13H9N3O6. The van der Waals surface area contributed by atoms with Crippen molar-refractivity contribution in [1.82, 2.24) is 0 Å². The first kappa shape index (κ1) is 15.0. The molecule has 0 aromatic heterocycles. The number of nitro groups is 3. The van der Waals surface area contributed by atoms with Crippen molar-refractivity contribution < 1.29 is 14.8 Å². The summed E-state index contributed by atoms with van der Waals surface area (Å²) >= 11 is 0. The summed E-state index contributed by atoms with van der Waals surface area (Å²) in [6.07, 6.45) is -0.144. The average Bonchev–Trinajstić information content (AvgIpc) is 2.47. The lowest BCUT2D eigenvalue weighted by molar-refractivity contribution is -0.423. The molecule has 0 amide bonds. The molecule has 0 saturated carbocycles. The van der Waals surface area contributed by atoms with Crippen LogP contribution in [-0.4, -0.2) is 14.8 Å². The van der Waals surface area contributed by atoms with E-state index in [0.29, 0.717) is 0 Å². The molecule has 0 fully saturated rings. The Kier molecular flexibility index (Phi) is 4.07. The summed E-state index contributed by atoms with van der Waals surface area (Å²) in [5.74, 6) is 0. The van der Waals surface area contributed by atoms with Gasteiger partial charge in [-0.15, -0.1) is 0 Å². The molecule has 2 aromatic rings. The highest BCUT2D eigenvalue weighted by molar-refractivity contribution is 5.59. The number of rotatable bonds is 5. The van der Waals surface area contributed by atoms with Crippen molar-refractivity contribution in [3.63, 3.8) is 0 Å². The minimum absolute atomic E-state index is 0.0495. The highest BCUT2D eigenvalue weighted by atomic mass is 16.6. The van der Waals surface area contributed by atoms with E-state index in [9.17, 15) is 30.3 Å². The van der Waals surface area contributed by atoms with Gasteiger partial charge in [0.2, 0.25) is 0 Å². The molecule has 9 nitrogen and oxygen atoms in total. The summed E-state index contributed by atoms with van der Waals surface area (Å²) in [5, 5.41) is 33.0.